The topological polar surface area (TPSA) is 108 Å². The monoisotopic (exact) mass is 415 g/mol. The van der Waals surface area contributed by atoms with Crippen molar-refractivity contribution in [2.45, 2.75) is 0 Å². The average Bonchev–Trinajstić information content (AvgIpc) is 2.64. The molecule has 0 radical (unpaired) electrons. The number of carbonyl (C=O) groups excluding carboxylic acids is 3. The van der Waals surface area contributed by atoms with Crippen LogP contribution >= 0.6 is 15.9 Å². The molecule has 0 aliphatic heterocycles. The first kappa shape index (κ1) is 19.1. The molecule has 2 rings (SSSR count). The van der Waals surface area contributed by atoms with Gasteiger partial charge in [0.2, 0.25) is 0 Å². The molecule has 26 heavy (non-hydrogen) atoms. The summed E-state index contributed by atoms with van der Waals surface area (Å²) >= 11 is 3.25. The van der Waals surface area contributed by atoms with Gasteiger partial charge in [0.25, 0.3) is 11.8 Å². The molecule has 0 aromatic heterocycles. The fraction of sp³-hybridized carbons (Fsp3) is 0.111. The van der Waals surface area contributed by atoms with E-state index in [2.05, 4.69) is 26.6 Å². The second kappa shape index (κ2) is 9.34. The van der Waals surface area contributed by atoms with Gasteiger partial charge >= 0.3 is 5.97 Å². The molecule has 0 aliphatic carbocycles. The molecule has 7 nitrogen and oxygen atoms in total. The number of ether oxygens (including phenoxy) is 1. The largest absolute Gasteiger partial charge is 0.454 e. The number of carbonyl (C=O) groups is 3. The zero-order chi connectivity index (χ0) is 18.9. The molecule has 2 aromatic carbocycles. The maximum atomic E-state index is 11.9. The van der Waals surface area contributed by atoms with Gasteiger partial charge in [-0.15, -0.1) is 0 Å². The van der Waals surface area contributed by atoms with Gasteiger partial charge in [-0.1, -0.05) is 28.1 Å². The van der Waals surface area contributed by atoms with Crippen molar-refractivity contribution in [1.82, 2.24) is 5.32 Å². The van der Waals surface area contributed by atoms with E-state index in [1.807, 2.05) is 6.07 Å². The second-order valence-electron chi connectivity index (χ2n) is 5.09. The van der Waals surface area contributed by atoms with E-state index in [-0.39, 0.29) is 6.54 Å². The molecular weight excluding hydrogens is 402 g/mol. The summed E-state index contributed by atoms with van der Waals surface area (Å²) < 4.78 is 5.54. The van der Waals surface area contributed by atoms with E-state index in [1.165, 1.54) is 6.07 Å². The predicted octanol–water partition coefficient (Wildman–Crippen LogP) is 2.23. The first-order chi connectivity index (χ1) is 12.5. The lowest BCUT2D eigenvalue weighted by molar-refractivity contribution is -0.146. The molecule has 8 heteroatoms. The van der Waals surface area contributed by atoms with E-state index < -0.39 is 24.4 Å². The fourth-order valence-corrected chi connectivity index (χ4v) is 2.34. The van der Waals surface area contributed by atoms with Crippen LogP contribution in [0.25, 0.3) is 0 Å². The number of esters is 1. The lowest BCUT2D eigenvalue weighted by Gasteiger charge is -2.08. The van der Waals surface area contributed by atoms with Crippen LogP contribution in [-0.4, -0.2) is 30.9 Å². The molecule has 0 bridgehead atoms. The number of anilines is 1. The zero-order valence-corrected chi connectivity index (χ0v) is 15.1. The van der Waals surface area contributed by atoms with Crippen molar-refractivity contribution in [2.24, 2.45) is 0 Å². The summed E-state index contributed by atoms with van der Waals surface area (Å²) in [5, 5.41) is 13.7. The molecule has 0 saturated heterocycles. The Morgan fingerprint density at radius 3 is 2.62 bits per heavy atom. The summed E-state index contributed by atoms with van der Waals surface area (Å²) in [6, 6.07) is 15.0. The molecule has 132 valence electrons. The summed E-state index contributed by atoms with van der Waals surface area (Å²) in [6.07, 6.45) is 0. The van der Waals surface area contributed by atoms with E-state index in [1.54, 1.807) is 42.5 Å². The van der Waals surface area contributed by atoms with Gasteiger partial charge in [0.05, 0.1) is 11.6 Å². The van der Waals surface area contributed by atoms with Gasteiger partial charge in [-0.25, -0.2) is 0 Å². The third kappa shape index (κ3) is 6.03. The van der Waals surface area contributed by atoms with E-state index in [0.717, 1.165) is 4.47 Å². The standard InChI is InChI=1S/C18H14BrN3O4/c19-14-5-2-4-13(8-14)18(25)21-10-17(24)26-11-16(23)22-15-6-1-3-12(7-15)9-20/h1-8H,10-11H2,(H,21,25)(H,22,23). The number of nitrogens with zero attached hydrogens (tertiary/aromatic N) is 1. The van der Waals surface area contributed by atoms with Crippen LogP contribution in [0.3, 0.4) is 0 Å². The van der Waals surface area contributed by atoms with Gasteiger partial charge in [0, 0.05) is 15.7 Å². The third-order valence-corrected chi connectivity index (χ3v) is 3.61. The van der Waals surface area contributed by atoms with Crippen LogP contribution in [-0.2, 0) is 14.3 Å². The van der Waals surface area contributed by atoms with Crippen molar-refractivity contribution in [3.05, 3.63) is 64.1 Å². The van der Waals surface area contributed by atoms with Crippen LogP contribution in [0.1, 0.15) is 15.9 Å². The molecule has 2 aromatic rings. The Bertz CT molecular complexity index is 877. The van der Waals surface area contributed by atoms with E-state index >= 15 is 0 Å². The Hall–Kier alpha value is -3.18. The van der Waals surface area contributed by atoms with E-state index in [4.69, 9.17) is 10.00 Å². The number of rotatable bonds is 6. The number of halogens is 1. The SMILES string of the molecule is N#Cc1cccc(NC(=O)COC(=O)CNC(=O)c2cccc(Br)c2)c1. The smallest absolute Gasteiger partial charge is 0.325 e. The molecule has 0 atom stereocenters. The van der Waals surface area contributed by atoms with Gasteiger partial charge in [0.1, 0.15) is 6.54 Å². The van der Waals surface area contributed by atoms with Crippen LogP contribution in [0, 0.1) is 11.3 Å². The number of nitriles is 1. The maximum absolute atomic E-state index is 11.9. The molecule has 2 amide bonds. The fourth-order valence-electron chi connectivity index (χ4n) is 1.94. The highest BCUT2D eigenvalue weighted by Gasteiger charge is 2.11. The van der Waals surface area contributed by atoms with Crippen molar-refractivity contribution in [2.75, 3.05) is 18.5 Å². The number of benzene rings is 2. The minimum atomic E-state index is -0.741. The minimum Gasteiger partial charge on any atom is -0.454 e. The summed E-state index contributed by atoms with van der Waals surface area (Å²) in [4.78, 5) is 35.3. The van der Waals surface area contributed by atoms with Crippen molar-refractivity contribution in [3.8, 4) is 6.07 Å². The lowest BCUT2D eigenvalue weighted by Crippen LogP contribution is -2.32. The van der Waals surface area contributed by atoms with Crippen LogP contribution < -0.4 is 10.6 Å². The Morgan fingerprint density at radius 1 is 1.12 bits per heavy atom. The molecule has 0 unspecified atom stereocenters. The molecular formula is C18H14BrN3O4. The molecule has 0 saturated carbocycles. The molecule has 0 fully saturated rings. The molecule has 0 heterocycles. The summed E-state index contributed by atoms with van der Waals surface area (Å²) in [5.74, 6) is -1.72. The van der Waals surface area contributed by atoms with Gasteiger partial charge in [-0.2, -0.15) is 5.26 Å². The first-order valence-electron chi connectivity index (χ1n) is 7.47. The summed E-state index contributed by atoms with van der Waals surface area (Å²) in [6.45, 7) is -0.856. The van der Waals surface area contributed by atoms with Crippen molar-refractivity contribution in [3.63, 3.8) is 0 Å². The second-order valence-corrected chi connectivity index (χ2v) is 6.01. The van der Waals surface area contributed by atoms with Crippen molar-refractivity contribution >= 4 is 39.4 Å². The molecule has 2 N–H and O–H groups in total. The maximum Gasteiger partial charge on any atom is 0.325 e. The Balaban J connectivity index is 1.75. The average molecular weight is 416 g/mol. The number of hydrogen-bond donors (Lipinski definition) is 2. The Morgan fingerprint density at radius 2 is 1.88 bits per heavy atom. The number of hydrogen-bond acceptors (Lipinski definition) is 5. The number of nitrogens with one attached hydrogen (secondary N) is 2. The number of amides is 2. The Labute approximate surface area is 158 Å². The molecule has 0 aliphatic rings. The predicted molar refractivity (Wildman–Crippen MR) is 97.2 cm³/mol. The Kier molecular flexibility index (Phi) is 6.88. The summed E-state index contributed by atoms with van der Waals surface area (Å²) in [7, 11) is 0. The highest BCUT2D eigenvalue weighted by Crippen LogP contribution is 2.11. The van der Waals surface area contributed by atoms with Gasteiger partial charge in [-0.05, 0) is 36.4 Å². The highest BCUT2D eigenvalue weighted by molar-refractivity contribution is 9.10. The normalized spacial score (nSPS) is 9.69. The summed E-state index contributed by atoms with van der Waals surface area (Å²) in [5.41, 5.74) is 1.21. The molecule has 0 spiro atoms. The van der Waals surface area contributed by atoms with Crippen LogP contribution in [0.2, 0.25) is 0 Å². The highest BCUT2D eigenvalue weighted by atomic mass is 79.9. The van der Waals surface area contributed by atoms with E-state index in [0.29, 0.717) is 16.8 Å². The van der Waals surface area contributed by atoms with Gasteiger partial charge in [-0.3, -0.25) is 14.4 Å². The van der Waals surface area contributed by atoms with Crippen LogP contribution in [0.4, 0.5) is 5.69 Å². The third-order valence-electron chi connectivity index (χ3n) is 3.12. The van der Waals surface area contributed by atoms with Crippen molar-refractivity contribution < 1.29 is 19.1 Å². The van der Waals surface area contributed by atoms with Gasteiger partial charge in [0.15, 0.2) is 6.61 Å². The first-order valence-corrected chi connectivity index (χ1v) is 8.26. The lowest BCUT2D eigenvalue weighted by atomic mass is 10.2. The minimum absolute atomic E-state index is 0.359. The zero-order valence-electron chi connectivity index (χ0n) is 13.5. The van der Waals surface area contributed by atoms with Crippen LogP contribution in [0.5, 0.6) is 0 Å². The van der Waals surface area contributed by atoms with Crippen LogP contribution in [0.15, 0.2) is 53.0 Å². The van der Waals surface area contributed by atoms with Gasteiger partial charge < -0.3 is 15.4 Å². The quantitative estimate of drug-likeness (QED) is 0.703. The van der Waals surface area contributed by atoms with Crippen molar-refractivity contribution in [1.29, 1.82) is 5.26 Å². The van der Waals surface area contributed by atoms with E-state index in [9.17, 15) is 14.4 Å².